The first-order valence-corrected chi connectivity index (χ1v) is 9.86. The highest BCUT2D eigenvalue weighted by Gasteiger charge is 2.34. The molecule has 3 atom stereocenters. The zero-order chi connectivity index (χ0) is 18.1. The number of piperidine rings is 1. The molecule has 26 heavy (non-hydrogen) atoms. The average molecular weight is 419 g/mol. The zero-order valence-corrected chi connectivity index (χ0v) is 16.1. The normalized spacial score (nSPS) is 23.3. The molecule has 0 spiro atoms. The van der Waals surface area contributed by atoms with Crippen molar-refractivity contribution >= 4 is 15.9 Å². The quantitative estimate of drug-likeness (QED) is 0.809. The third kappa shape index (κ3) is 3.87. The number of pyridine rings is 1. The molecule has 0 radical (unpaired) electrons. The van der Waals surface area contributed by atoms with Gasteiger partial charge in [-0.2, -0.15) is 0 Å². The largest absolute Gasteiger partial charge is 0.491 e. The summed E-state index contributed by atoms with van der Waals surface area (Å²) in [6, 6.07) is 13.2. The third-order valence-corrected chi connectivity index (χ3v) is 5.81. The van der Waals surface area contributed by atoms with Gasteiger partial charge in [0.15, 0.2) is 0 Å². The second kappa shape index (κ2) is 7.55. The Bertz CT molecular complexity index is 821. The summed E-state index contributed by atoms with van der Waals surface area (Å²) in [5, 5.41) is 10.4. The van der Waals surface area contributed by atoms with Crippen molar-refractivity contribution in [3.8, 4) is 5.75 Å². The van der Waals surface area contributed by atoms with E-state index < -0.39 is 6.10 Å². The molecular weight excluding hydrogens is 396 g/mol. The van der Waals surface area contributed by atoms with Gasteiger partial charge in [0.25, 0.3) is 5.56 Å². The molecule has 2 bridgehead atoms. The first-order valence-electron chi connectivity index (χ1n) is 9.07. The van der Waals surface area contributed by atoms with Gasteiger partial charge in [-0.05, 0) is 42.7 Å². The van der Waals surface area contributed by atoms with Gasteiger partial charge in [-0.3, -0.25) is 9.69 Å². The van der Waals surface area contributed by atoms with Gasteiger partial charge in [0, 0.05) is 48.3 Å². The first kappa shape index (κ1) is 17.8. The van der Waals surface area contributed by atoms with Crippen molar-refractivity contribution in [2.75, 3.05) is 26.2 Å². The fraction of sp³-hybridized carbons (Fsp3) is 0.450. The number of β-amino-alcohol motifs (C(OH)–C–C–N with tert-alkyl or cyclic N) is 1. The van der Waals surface area contributed by atoms with E-state index in [1.165, 1.54) is 0 Å². The minimum Gasteiger partial charge on any atom is -0.491 e. The number of benzene rings is 1. The number of aromatic nitrogens is 1. The van der Waals surface area contributed by atoms with Gasteiger partial charge in [0.05, 0.1) is 0 Å². The molecule has 2 aliphatic rings. The van der Waals surface area contributed by atoms with Gasteiger partial charge in [-0.1, -0.05) is 22.0 Å². The predicted octanol–water partition coefficient (Wildman–Crippen LogP) is 2.47. The fourth-order valence-corrected chi connectivity index (χ4v) is 4.48. The van der Waals surface area contributed by atoms with Gasteiger partial charge in [0.2, 0.25) is 0 Å². The minimum atomic E-state index is -0.532. The van der Waals surface area contributed by atoms with E-state index in [4.69, 9.17) is 4.74 Å². The molecule has 1 aromatic carbocycles. The summed E-state index contributed by atoms with van der Waals surface area (Å²) in [4.78, 5) is 14.4. The fourth-order valence-electron chi connectivity index (χ4n) is 4.22. The van der Waals surface area contributed by atoms with Crippen LogP contribution in [0.4, 0.5) is 0 Å². The summed E-state index contributed by atoms with van der Waals surface area (Å²) >= 11 is 3.40. The summed E-state index contributed by atoms with van der Waals surface area (Å²) in [5.74, 6) is 1.60. The van der Waals surface area contributed by atoms with E-state index in [-0.39, 0.29) is 12.2 Å². The number of rotatable bonds is 5. The highest BCUT2D eigenvalue weighted by atomic mass is 79.9. The van der Waals surface area contributed by atoms with E-state index in [2.05, 4.69) is 26.9 Å². The molecule has 0 amide bonds. The van der Waals surface area contributed by atoms with Crippen molar-refractivity contribution in [2.24, 2.45) is 5.92 Å². The van der Waals surface area contributed by atoms with Crippen LogP contribution in [-0.4, -0.2) is 46.9 Å². The Hall–Kier alpha value is -1.63. The highest BCUT2D eigenvalue weighted by Crippen LogP contribution is 2.34. The smallest absolute Gasteiger partial charge is 0.250 e. The molecule has 1 N–H and O–H groups in total. The maximum absolute atomic E-state index is 12.1. The molecule has 0 saturated carbocycles. The Labute approximate surface area is 161 Å². The second-order valence-corrected chi connectivity index (χ2v) is 8.25. The number of hydrogen-bond acceptors (Lipinski definition) is 4. The average Bonchev–Trinajstić information content (AvgIpc) is 2.62. The number of halogens is 1. The van der Waals surface area contributed by atoms with Crippen molar-refractivity contribution < 1.29 is 9.84 Å². The lowest BCUT2D eigenvalue weighted by Gasteiger charge is -2.43. The Morgan fingerprint density at radius 3 is 2.77 bits per heavy atom. The summed E-state index contributed by atoms with van der Waals surface area (Å²) in [5.41, 5.74) is 1.24. The zero-order valence-electron chi connectivity index (χ0n) is 14.6. The number of nitrogens with zero attached hydrogens (tertiary/aromatic N) is 2. The van der Waals surface area contributed by atoms with Crippen LogP contribution in [0.5, 0.6) is 5.75 Å². The molecule has 6 heteroatoms. The summed E-state index contributed by atoms with van der Waals surface area (Å²) < 4.78 is 8.63. The lowest BCUT2D eigenvalue weighted by Crippen LogP contribution is -2.49. The molecule has 2 aliphatic heterocycles. The highest BCUT2D eigenvalue weighted by molar-refractivity contribution is 9.10. The summed E-state index contributed by atoms with van der Waals surface area (Å²) in [6.07, 6.45) is 0.598. The van der Waals surface area contributed by atoms with Crippen molar-refractivity contribution in [1.29, 1.82) is 0 Å². The predicted molar refractivity (Wildman–Crippen MR) is 104 cm³/mol. The van der Waals surface area contributed by atoms with Gasteiger partial charge in [-0.15, -0.1) is 0 Å². The number of likely N-dealkylation sites (tertiary alicyclic amines) is 1. The Morgan fingerprint density at radius 1 is 1.15 bits per heavy atom. The number of aliphatic hydroxyl groups excluding tert-OH is 1. The number of aliphatic hydroxyl groups is 1. The van der Waals surface area contributed by atoms with Crippen LogP contribution in [0.25, 0.3) is 0 Å². The lowest BCUT2D eigenvalue weighted by atomic mass is 9.83. The van der Waals surface area contributed by atoms with E-state index in [1.54, 1.807) is 6.07 Å². The van der Waals surface area contributed by atoms with Gasteiger partial charge < -0.3 is 14.4 Å². The molecule has 1 fully saturated rings. The molecule has 0 aliphatic carbocycles. The maximum atomic E-state index is 12.1. The van der Waals surface area contributed by atoms with E-state index in [0.717, 1.165) is 42.0 Å². The number of hydrogen-bond donors (Lipinski definition) is 1. The van der Waals surface area contributed by atoms with Crippen LogP contribution < -0.4 is 10.3 Å². The minimum absolute atomic E-state index is 0.105. The molecule has 1 saturated heterocycles. The Morgan fingerprint density at radius 2 is 1.96 bits per heavy atom. The maximum Gasteiger partial charge on any atom is 0.250 e. The standard InChI is InChI=1S/C20H23BrN2O3/c21-16-4-6-18(7-5-16)26-13-17(24)12-22-9-14-8-15(11-22)19-2-1-3-20(25)23(19)10-14/h1-7,14-15,17,24H,8-13H2/t14-,15+,17-/m0/s1. The topological polar surface area (TPSA) is 54.7 Å². The SMILES string of the molecule is O=c1cccc2n1C[C@H]1C[C@@H]2CN(C[C@H](O)COc2ccc(Br)cc2)C1. The number of ether oxygens (including phenoxy) is 1. The van der Waals surface area contributed by atoms with Crippen molar-refractivity contribution in [1.82, 2.24) is 9.47 Å². The molecule has 3 heterocycles. The van der Waals surface area contributed by atoms with Crippen molar-refractivity contribution in [3.05, 3.63) is 63.0 Å². The molecule has 5 nitrogen and oxygen atoms in total. The second-order valence-electron chi connectivity index (χ2n) is 7.34. The van der Waals surface area contributed by atoms with Crippen molar-refractivity contribution in [3.63, 3.8) is 0 Å². The molecule has 1 aromatic heterocycles. The molecule has 4 rings (SSSR count). The molecule has 138 valence electrons. The van der Waals surface area contributed by atoms with E-state index >= 15 is 0 Å². The van der Waals surface area contributed by atoms with Gasteiger partial charge in [-0.25, -0.2) is 0 Å². The molecule has 2 aromatic rings. The third-order valence-electron chi connectivity index (χ3n) is 5.28. The summed E-state index contributed by atoms with van der Waals surface area (Å²) in [6.45, 7) is 3.47. The van der Waals surface area contributed by atoms with Crippen LogP contribution in [0.1, 0.15) is 18.0 Å². The molecule has 0 unspecified atom stereocenters. The van der Waals surface area contributed by atoms with Crippen LogP contribution in [0, 0.1) is 5.92 Å². The van der Waals surface area contributed by atoms with E-state index in [9.17, 15) is 9.90 Å². The van der Waals surface area contributed by atoms with Crippen molar-refractivity contribution in [2.45, 2.75) is 25.0 Å². The Balaban J connectivity index is 1.35. The van der Waals surface area contributed by atoms with Gasteiger partial charge >= 0.3 is 0 Å². The number of fused-ring (bicyclic) bond motifs is 4. The van der Waals surface area contributed by atoms with Crippen LogP contribution in [-0.2, 0) is 6.54 Å². The van der Waals surface area contributed by atoms with Gasteiger partial charge in [0.1, 0.15) is 18.5 Å². The van der Waals surface area contributed by atoms with Crippen LogP contribution in [0.3, 0.4) is 0 Å². The summed E-state index contributed by atoms with van der Waals surface area (Å²) in [7, 11) is 0. The molecular formula is C20H23BrN2O3. The van der Waals surface area contributed by atoms with Crippen LogP contribution in [0.15, 0.2) is 51.7 Å². The Kier molecular flexibility index (Phi) is 5.16. The van der Waals surface area contributed by atoms with E-state index in [1.807, 2.05) is 34.9 Å². The van der Waals surface area contributed by atoms with E-state index in [0.29, 0.717) is 18.4 Å². The first-order chi connectivity index (χ1) is 12.6. The van der Waals surface area contributed by atoms with Crippen LogP contribution >= 0.6 is 15.9 Å². The monoisotopic (exact) mass is 418 g/mol. The van der Waals surface area contributed by atoms with Crippen LogP contribution in [0.2, 0.25) is 0 Å². The lowest BCUT2D eigenvalue weighted by molar-refractivity contribution is 0.0384.